The van der Waals surface area contributed by atoms with Crippen molar-refractivity contribution in [3.63, 3.8) is 0 Å². The van der Waals surface area contributed by atoms with E-state index in [1.807, 2.05) is 37.3 Å². The minimum absolute atomic E-state index is 0.0151. The van der Waals surface area contributed by atoms with Crippen LogP contribution in [0.3, 0.4) is 0 Å². The minimum atomic E-state index is -1.07. The Balaban J connectivity index is 2.42. The number of carbonyl (C=O) groups excluding carboxylic acids is 1. The van der Waals surface area contributed by atoms with Crippen molar-refractivity contribution in [2.75, 3.05) is 0 Å². The van der Waals surface area contributed by atoms with E-state index in [0.717, 1.165) is 17.7 Å². The van der Waals surface area contributed by atoms with Crippen molar-refractivity contribution in [2.45, 2.75) is 19.3 Å². The zero-order chi connectivity index (χ0) is 14.7. The van der Waals surface area contributed by atoms with E-state index in [2.05, 4.69) is 0 Å². The lowest BCUT2D eigenvalue weighted by atomic mass is 9.88. The molecule has 0 N–H and O–H groups in total. The maximum absolute atomic E-state index is 13.3. The average Bonchev–Trinajstić information content (AvgIpc) is 2.44. The van der Waals surface area contributed by atoms with Crippen molar-refractivity contribution in [3.8, 4) is 0 Å². The summed E-state index contributed by atoms with van der Waals surface area (Å²) >= 11 is 5.86. The highest BCUT2D eigenvalue weighted by atomic mass is 35.5. The van der Waals surface area contributed by atoms with E-state index in [1.54, 1.807) is 0 Å². The summed E-state index contributed by atoms with van der Waals surface area (Å²) in [5, 5.41) is -0.0664. The molecule has 0 fully saturated rings. The predicted molar refractivity (Wildman–Crippen MR) is 75.2 cm³/mol. The van der Waals surface area contributed by atoms with Gasteiger partial charge in [0.25, 0.3) is 0 Å². The molecule has 0 saturated carbocycles. The molecule has 2 aromatic rings. The Morgan fingerprint density at radius 3 is 2.35 bits per heavy atom. The Morgan fingerprint density at radius 1 is 1.15 bits per heavy atom. The largest absolute Gasteiger partial charge is 0.293 e. The summed E-state index contributed by atoms with van der Waals surface area (Å²) in [4.78, 5) is 12.5. The molecule has 104 valence electrons. The Morgan fingerprint density at radius 2 is 1.75 bits per heavy atom. The molecule has 1 unspecified atom stereocenters. The Bertz CT molecular complexity index is 626. The summed E-state index contributed by atoms with van der Waals surface area (Å²) in [6.45, 7) is 1.86. The fraction of sp³-hybridized carbons (Fsp3) is 0.188. The van der Waals surface area contributed by atoms with Crippen LogP contribution in [0.15, 0.2) is 42.5 Å². The van der Waals surface area contributed by atoms with Crippen LogP contribution in [0, 0.1) is 11.6 Å². The molecule has 0 aliphatic rings. The molecule has 4 heteroatoms. The van der Waals surface area contributed by atoms with Crippen molar-refractivity contribution in [1.82, 2.24) is 0 Å². The lowest BCUT2D eigenvalue weighted by Gasteiger charge is -2.15. The topological polar surface area (TPSA) is 17.1 Å². The van der Waals surface area contributed by atoms with E-state index in [1.165, 1.54) is 0 Å². The second-order valence-electron chi connectivity index (χ2n) is 4.48. The quantitative estimate of drug-likeness (QED) is 0.573. The van der Waals surface area contributed by atoms with Gasteiger partial charge in [0.15, 0.2) is 17.4 Å². The first-order valence-corrected chi connectivity index (χ1v) is 6.66. The molecular formula is C16H13ClF2O. The molecule has 1 atom stereocenters. The zero-order valence-corrected chi connectivity index (χ0v) is 11.6. The highest BCUT2D eigenvalue weighted by Gasteiger charge is 2.23. The van der Waals surface area contributed by atoms with Gasteiger partial charge in [-0.05, 0) is 24.1 Å². The van der Waals surface area contributed by atoms with Gasteiger partial charge in [0.1, 0.15) is 0 Å². The number of ketones is 1. The third-order valence-corrected chi connectivity index (χ3v) is 3.51. The van der Waals surface area contributed by atoms with Crippen LogP contribution < -0.4 is 0 Å². The molecule has 0 saturated heterocycles. The van der Waals surface area contributed by atoms with Crippen LogP contribution in [0.2, 0.25) is 5.02 Å². The van der Waals surface area contributed by atoms with Gasteiger partial charge in [-0.25, -0.2) is 8.78 Å². The van der Waals surface area contributed by atoms with Crippen molar-refractivity contribution in [3.05, 3.63) is 70.2 Å². The van der Waals surface area contributed by atoms with Gasteiger partial charge in [-0.2, -0.15) is 0 Å². The van der Waals surface area contributed by atoms with Crippen molar-refractivity contribution in [2.24, 2.45) is 0 Å². The Labute approximate surface area is 121 Å². The molecule has 20 heavy (non-hydrogen) atoms. The fourth-order valence-electron chi connectivity index (χ4n) is 2.16. The van der Waals surface area contributed by atoms with E-state index in [-0.39, 0.29) is 16.4 Å². The predicted octanol–water partition coefficient (Wildman–Crippen LogP) is 4.99. The molecule has 0 aromatic heterocycles. The minimum Gasteiger partial charge on any atom is -0.293 e. The second kappa shape index (κ2) is 6.14. The highest BCUT2D eigenvalue weighted by Crippen LogP contribution is 2.29. The molecule has 2 aromatic carbocycles. The normalized spacial score (nSPS) is 12.2. The third kappa shape index (κ3) is 2.88. The van der Waals surface area contributed by atoms with Crippen LogP contribution >= 0.6 is 11.6 Å². The first kappa shape index (κ1) is 14.7. The van der Waals surface area contributed by atoms with Gasteiger partial charge in [-0.1, -0.05) is 48.9 Å². The van der Waals surface area contributed by atoms with E-state index < -0.39 is 17.6 Å². The van der Waals surface area contributed by atoms with E-state index in [0.29, 0.717) is 6.42 Å². The van der Waals surface area contributed by atoms with Crippen molar-refractivity contribution < 1.29 is 13.6 Å². The van der Waals surface area contributed by atoms with Gasteiger partial charge in [-0.3, -0.25) is 4.79 Å². The van der Waals surface area contributed by atoms with Crippen LogP contribution in [0.5, 0.6) is 0 Å². The summed E-state index contributed by atoms with van der Waals surface area (Å²) in [7, 11) is 0. The van der Waals surface area contributed by atoms with Gasteiger partial charge in [0, 0.05) is 11.5 Å². The molecule has 0 aliphatic heterocycles. The maximum Gasteiger partial charge on any atom is 0.171 e. The number of halogens is 3. The molecule has 0 spiro atoms. The molecule has 0 amide bonds. The number of benzene rings is 2. The Kier molecular flexibility index (Phi) is 4.50. The second-order valence-corrected chi connectivity index (χ2v) is 4.89. The van der Waals surface area contributed by atoms with Gasteiger partial charge in [0.05, 0.1) is 5.02 Å². The molecule has 0 heterocycles. The lowest BCUT2D eigenvalue weighted by Crippen LogP contribution is -2.13. The Hall–Kier alpha value is -1.74. The van der Waals surface area contributed by atoms with Gasteiger partial charge >= 0.3 is 0 Å². The van der Waals surface area contributed by atoms with Crippen LogP contribution in [0.4, 0.5) is 8.78 Å². The third-order valence-electron chi connectivity index (χ3n) is 3.20. The molecule has 2 rings (SSSR count). The number of hydrogen-bond acceptors (Lipinski definition) is 1. The number of carbonyl (C=O) groups is 1. The van der Waals surface area contributed by atoms with E-state index >= 15 is 0 Å². The SMILES string of the molecule is CCC(C(=O)c1cc(F)c(F)cc1Cl)c1ccccc1. The first-order chi connectivity index (χ1) is 9.54. The zero-order valence-electron chi connectivity index (χ0n) is 10.9. The lowest BCUT2D eigenvalue weighted by molar-refractivity contribution is 0.0957. The standard InChI is InChI=1S/C16H13ClF2O/c1-2-11(10-6-4-3-5-7-10)16(20)12-8-14(18)15(19)9-13(12)17/h3-9,11H,2H2,1H3. The highest BCUT2D eigenvalue weighted by molar-refractivity contribution is 6.34. The fourth-order valence-corrected chi connectivity index (χ4v) is 2.40. The average molecular weight is 295 g/mol. The first-order valence-electron chi connectivity index (χ1n) is 6.28. The summed E-state index contributed by atoms with van der Waals surface area (Å²) in [5.41, 5.74) is 0.849. The number of rotatable bonds is 4. The summed E-state index contributed by atoms with van der Waals surface area (Å²) in [6.07, 6.45) is 0.554. The molecular weight excluding hydrogens is 282 g/mol. The molecule has 0 radical (unpaired) electrons. The van der Waals surface area contributed by atoms with Crippen LogP contribution in [0.25, 0.3) is 0 Å². The van der Waals surface area contributed by atoms with Crippen molar-refractivity contribution >= 4 is 17.4 Å². The molecule has 0 bridgehead atoms. The van der Waals surface area contributed by atoms with Gasteiger partial charge in [0.2, 0.25) is 0 Å². The number of hydrogen-bond donors (Lipinski definition) is 0. The van der Waals surface area contributed by atoms with Gasteiger partial charge in [-0.15, -0.1) is 0 Å². The molecule has 1 nitrogen and oxygen atoms in total. The van der Waals surface area contributed by atoms with Crippen LogP contribution in [-0.2, 0) is 0 Å². The van der Waals surface area contributed by atoms with Crippen LogP contribution in [0.1, 0.15) is 35.2 Å². The summed E-state index contributed by atoms with van der Waals surface area (Å²) in [5.74, 6) is -2.85. The maximum atomic E-state index is 13.3. The van der Waals surface area contributed by atoms with Crippen molar-refractivity contribution in [1.29, 1.82) is 0 Å². The summed E-state index contributed by atoms with van der Waals surface area (Å²) in [6, 6.07) is 10.9. The summed E-state index contributed by atoms with van der Waals surface area (Å²) < 4.78 is 26.4. The van der Waals surface area contributed by atoms with E-state index in [4.69, 9.17) is 11.6 Å². The molecule has 0 aliphatic carbocycles. The van der Waals surface area contributed by atoms with E-state index in [9.17, 15) is 13.6 Å². The number of Topliss-reactive ketones (excluding diaryl/α,β-unsaturated/α-hetero) is 1. The van der Waals surface area contributed by atoms with Gasteiger partial charge < -0.3 is 0 Å². The smallest absolute Gasteiger partial charge is 0.171 e. The van der Waals surface area contributed by atoms with Crippen LogP contribution in [-0.4, -0.2) is 5.78 Å². The monoisotopic (exact) mass is 294 g/mol.